The van der Waals surface area contributed by atoms with E-state index in [1.165, 1.54) is 38.5 Å². The van der Waals surface area contributed by atoms with Crippen LogP contribution in [0.3, 0.4) is 0 Å². The molecular formula is C21H32ClN3S. The number of nitrogens with one attached hydrogen (secondary N) is 1. The van der Waals surface area contributed by atoms with Gasteiger partial charge in [0.15, 0.2) is 5.11 Å². The first-order chi connectivity index (χ1) is 12.5. The lowest BCUT2D eigenvalue weighted by Gasteiger charge is -2.44. The molecule has 1 aliphatic carbocycles. The summed E-state index contributed by atoms with van der Waals surface area (Å²) in [5.41, 5.74) is 2.06. The first-order valence-corrected chi connectivity index (χ1v) is 10.8. The SMILES string of the molecule is Cc1c(Cl)cccc1NC(=S)N1CCC(N(C)[C@@H]2CCCC[C@H]2C)CC1. The molecule has 1 heterocycles. The number of thiocarbonyl (C=S) groups is 1. The van der Waals surface area contributed by atoms with E-state index in [2.05, 4.69) is 29.1 Å². The third kappa shape index (κ3) is 4.52. The quantitative estimate of drug-likeness (QED) is 0.700. The van der Waals surface area contributed by atoms with Crippen molar-refractivity contribution in [2.45, 2.75) is 64.5 Å². The maximum absolute atomic E-state index is 6.22. The van der Waals surface area contributed by atoms with Gasteiger partial charge in [0.05, 0.1) is 0 Å². The van der Waals surface area contributed by atoms with Gasteiger partial charge in [-0.1, -0.05) is 37.4 Å². The molecule has 3 nitrogen and oxygen atoms in total. The summed E-state index contributed by atoms with van der Waals surface area (Å²) in [5.74, 6) is 0.834. The first kappa shape index (κ1) is 19.9. The number of nitrogens with zero attached hydrogens (tertiary/aromatic N) is 2. The van der Waals surface area contributed by atoms with Crippen LogP contribution in [-0.4, -0.2) is 47.1 Å². The second kappa shape index (κ2) is 8.90. The topological polar surface area (TPSA) is 18.5 Å². The fourth-order valence-electron chi connectivity index (χ4n) is 4.59. The van der Waals surface area contributed by atoms with Gasteiger partial charge in [0, 0.05) is 35.9 Å². The Labute approximate surface area is 169 Å². The minimum Gasteiger partial charge on any atom is -0.349 e. The zero-order chi connectivity index (χ0) is 18.7. The Balaban J connectivity index is 1.53. The highest BCUT2D eigenvalue weighted by Crippen LogP contribution is 2.31. The van der Waals surface area contributed by atoms with Crippen LogP contribution < -0.4 is 5.32 Å². The molecule has 1 aromatic rings. The van der Waals surface area contributed by atoms with E-state index >= 15 is 0 Å². The number of rotatable bonds is 3. The van der Waals surface area contributed by atoms with Crippen molar-refractivity contribution in [2.75, 3.05) is 25.5 Å². The van der Waals surface area contributed by atoms with Crippen molar-refractivity contribution in [3.05, 3.63) is 28.8 Å². The van der Waals surface area contributed by atoms with E-state index in [4.69, 9.17) is 23.8 Å². The van der Waals surface area contributed by atoms with Gasteiger partial charge in [0.2, 0.25) is 0 Å². The predicted molar refractivity (Wildman–Crippen MR) is 116 cm³/mol. The van der Waals surface area contributed by atoms with Gasteiger partial charge in [-0.2, -0.15) is 0 Å². The molecule has 1 aromatic carbocycles. The minimum absolute atomic E-state index is 0.688. The standard InChI is InChI=1S/C21H32ClN3S/c1-15-7-4-5-10-20(15)24(3)17-11-13-25(14-12-17)21(26)23-19-9-6-8-18(22)16(19)2/h6,8-9,15,17,20H,4-5,7,10-14H2,1-3H3,(H,23,26)/t15-,20-/m1/s1. The lowest BCUT2D eigenvalue weighted by atomic mass is 9.84. The van der Waals surface area contributed by atoms with E-state index in [0.717, 1.165) is 46.4 Å². The molecule has 2 atom stereocenters. The fraction of sp³-hybridized carbons (Fsp3) is 0.667. The van der Waals surface area contributed by atoms with Crippen LogP contribution in [0.5, 0.6) is 0 Å². The maximum atomic E-state index is 6.22. The molecule has 0 unspecified atom stereocenters. The van der Waals surface area contributed by atoms with Crippen molar-refractivity contribution in [1.29, 1.82) is 0 Å². The summed E-state index contributed by atoms with van der Waals surface area (Å²) in [5, 5.41) is 4.99. The van der Waals surface area contributed by atoms with Crippen molar-refractivity contribution in [2.24, 2.45) is 5.92 Å². The van der Waals surface area contributed by atoms with Gasteiger partial charge < -0.3 is 15.1 Å². The normalized spacial score (nSPS) is 24.7. The van der Waals surface area contributed by atoms with E-state index in [0.29, 0.717) is 6.04 Å². The van der Waals surface area contributed by atoms with Gasteiger partial charge in [-0.25, -0.2) is 0 Å². The van der Waals surface area contributed by atoms with E-state index in [1.807, 2.05) is 25.1 Å². The number of halogens is 1. The molecule has 1 N–H and O–H groups in total. The van der Waals surface area contributed by atoms with Crippen molar-refractivity contribution in [3.8, 4) is 0 Å². The van der Waals surface area contributed by atoms with Crippen molar-refractivity contribution in [1.82, 2.24) is 9.80 Å². The van der Waals surface area contributed by atoms with Gasteiger partial charge in [-0.15, -0.1) is 0 Å². The van der Waals surface area contributed by atoms with Crippen LogP contribution in [0.15, 0.2) is 18.2 Å². The number of likely N-dealkylation sites (tertiary alicyclic amines) is 1. The van der Waals surface area contributed by atoms with Crippen LogP contribution in [0.25, 0.3) is 0 Å². The smallest absolute Gasteiger partial charge is 0.173 e. The highest BCUT2D eigenvalue weighted by atomic mass is 35.5. The van der Waals surface area contributed by atoms with Crippen LogP contribution in [0.4, 0.5) is 5.69 Å². The number of benzene rings is 1. The van der Waals surface area contributed by atoms with E-state index in [1.54, 1.807) is 0 Å². The fourth-order valence-corrected chi connectivity index (χ4v) is 5.05. The third-order valence-electron chi connectivity index (χ3n) is 6.43. The molecule has 1 saturated heterocycles. The predicted octanol–water partition coefficient (Wildman–Crippen LogP) is 5.32. The molecule has 5 heteroatoms. The van der Waals surface area contributed by atoms with E-state index in [-0.39, 0.29) is 0 Å². The Morgan fingerprint density at radius 3 is 2.58 bits per heavy atom. The summed E-state index contributed by atoms with van der Waals surface area (Å²) in [6, 6.07) is 7.37. The number of hydrogen-bond donors (Lipinski definition) is 1. The van der Waals surface area contributed by atoms with Crippen LogP contribution in [0.1, 0.15) is 51.0 Å². The molecule has 0 spiro atoms. The monoisotopic (exact) mass is 393 g/mol. The summed E-state index contributed by atoms with van der Waals surface area (Å²) in [6.07, 6.45) is 7.94. The number of anilines is 1. The average molecular weight is 394 g/mol. The molecule has 1 aliphatic heterocycles. The second-order valence-electron chi connectivity index (χ2n) is 8.06. The van der Waals surface area contributed by atoms with Gasteiger partial charge in [-0.3, -0.25) is 0 Å². The summed E-state index contributed by atoms with van der Waals surface area (Å²) in [7, 11) is 2.35. The Morgan fingerprint density at radius 2 is 1.88 bits per heavy atom. The lowest BCUT2D eigenvalue weighted by Crippen LogP contribution is -2.51. The molecule has 0 radical (unpaired) electrons. The molecule has 0 amide bonds. The van der Waals surface area contributed by atoms with Gasteiger partial charge in [0.25, 0.3) is 0 Å². The van der Waals surface area contributed by atoms with Gasteiger partial charge in [-0.05, 0) is 75.5 Å². The third-order valence-corrected chi connectivity index (χ3v) is 7.20. The highest BCUT2D eigenvalue weighted by molar-refractivity contribution is 7.80. The zero-order valence-corrected chi connectivity index (χ0v) is 17.9. The van der Waals surface area contributed by atoms with Crippen molar-refractivity contribution < 1.29 is 0 Å². The molecule has 2 fully saturated rings. The average Bonchev–Trinajstić information content (AvgIpc) is 2.65. The molecule has 0 aromatic heterocycles. The van der Waals surface area contributed by atoms with Crippen molar-refractivity contribution in [3.63, 3.8) is 0 Å². The second-order valence-corrected chi connectivity index (χ2v) is 8.85. The van der Waals surface area contributed by atoms with E-state index in [9.17, 15) is 0 Å². The van der Waals surface area contributed by atoms with Crippen LogP contribution in [-0.2, 0) is 0 Å². The maximum Gasteiger partial charge on any atom is 0.173 e. The number of hydrogen-bond acceptors (Lipinski definition) is 2. The largest absolute Gasteiger partial charge is 0.349 e. The van der Waals surface area contributed by atoms with Crippen LogP contribution >= 0.6 is 23.8 Å². The number of piperidine rings is 1. The molecular weight excluding hydrogens is 362 g/mol. The van der Waals surface area contributed by atoms with Gasteiger partial charge in [0.1, 0.15) is 0 Å². The lowest BCUT2D eigenvalue weighted by molar-refractivity contribution is 0.0691. The molecule has 26 heavy (non-hydrogen) atoms. The zero-order valence-electron chi connectivity index (χ0n) is 16.3. The molecule has 1 saturated carbocycles. The molecule has 3 rings (SSSR count). The Kier molecular flexibility index (Phi) is 6.81. The Hall–Kier alpha value is -0.840. The Morgan fingerprint density at radius 1 is 1.19 bits per heavy atom. The minimum atomic E-state index is 0.688. The molecule has 0 bridgehead atoms. The Bertz CT molecular complexity index is 628. The molecule has 2 aliphatic rings. The summed E-state index contributed by atoms with van der Waals surface area (Å²) in [4.78, 5) is 4.99. The summed E-state index contributed by atoms with van der Waals surface area (Å²) in [6.45, 7) is 6.52. The highest BCUT2D eigenvalue weighted by Gasteiger charge is 2.31. The van der Waals surface area contributed by atoms with Crippen molar-refractivity contribution >= 4 is 34.6 Å². The van der Waals surface area contributed by atoms with Gasteiger partial charge >= 0.3 is 0 Å². The first-order valence-electron chi connectivity index (χ1n) is 10.0. The summed E-state index contributed by atoms with van der Waals surface area (Å²) < 4.78 is 0. The summed E-state index contributed by atoms with van der Waals surface area (Å²) >= 11 is 11.9. The van der Waals surface area contributed by atoms with E-state index < -0.39 is 0 Å². The van der Waals surface area contributed by atoms with Crippen LogP contribution in [0.2, 0.25) is 5.02 Å². The molecule has 144 valence electrons. The van der Waals surface area contributed by atoms with Crippen LogP contribution in [0, 0.1) is 12.8 Å².